The predicted molar refractivity (Wildman–Crippen MR) is 90.5 cm³/mol. The van der Waals surface area contributed by atoms with Gasteiger partial charge in [-0.1, -0.05) is 26.0 Å². The van der Waals surface area contributed by atoms with E-state index < -0.39 is 0 Å². The van der Waals surface area contributed by atoms with Crippen molar-refractivity contribution in [3.05, 3.63) is 53.6 Å². The predicted octanol–water partition coefficient (Wildman–Crippen LogP) is 5.08. The van der Waals surface area contributed by atoms with Crippen LogP contribution in [0.3, 0.4) is 0 Å². The van der Waals surface area contributed by atoms with Crippen LogP contribution >= 0.6 is 0 Å². The zero-order valence-corrected chi connectivity index (χ0v) is 13.6. The maximum Gasteiger partial charge on any atom is 0.224 e. The fraction of sp³-hybridized carbons (Fsp3) is 0.316. The Morgan fingerprint density at radius 2 is 1.77 bits per heavy atom. The highest BCUT2D eigenvalue weighted by Crippen LogP contribution is 2.26. The fourth-order valence-corrected chi connectivity index (χ4v) is 2.13. The number of carbonyl (C=O) groups is 1. The third-order valence-corrected chi connectivity index (χ3v) is 3.43. The highest BCUT2D eigenvalue weighted by Gasteiger charge is 2.06. The second-order valence-electron chi connectivity index (χ2n) is 6.02. The fourth-order valence-electron chi connectivity index (χ4n) is 2.13. The molecule has 0 fully saturated rings. The van der Waals surface area contributed by atoms with Gasteiger partial charge in [0.2, 0.25) is 5.91 Å². The van der Waals surface area contributed by atoms with Gasteiger partial charge in [0.25, 0.3) is 0 Å². The molecule has 2 aromatic rings. The number of benzene rings is 2. The van der Waals surface area contributed by atoms with Crippen LogP contribution in [0.4, 0.5) is 5.69 Å². The molecule has 3 nitrogen and oxygen atoms in total. The van der Waals surface area contributed by atoms with E-state index in [1.54, 1.807) is 0 Å². The van der Waals surface area contributed by atoms with Crippen molar-refractivity contribution >= 4 is 11.6 Å². The summed E-state index contributed by atoms with van der Waals surface area (Å²) in [5.41, 5.74) is 3.19. The molecule has 1 N–H and O–H groups in total. The minimum absolute atomic E-state index is 0.0262. The molecular weight excluding hydrogens is 274 g/mol. The summed E-state index contributed by atoms with van der Waals surface area (Å²) in [6.45, 7) is 8.19. The van der Waals surface area contributed by atoms with Crippen molar-refractivity contribution in [2.45, 2.75) is 34.1 Å². The average Bonchev–Trinajstić information content (AvgIpc) is 2.42. The molecule has 22 heavy (non-hydrogen) atoms. The van der Waals surface area contributed by atoms with Crippen molar-refractivity contribution in [3.63, 3.8) is 0 Å². The molecular formula is C19H23NO2. The van der Waals surface area contributed by atoms with E-state index in [1.165, 1.54) is 11.1 Å². The molecule has 2 rings (SSSR count). The van der Waals surface area contributed by atoms with Crippen LogP contribution in [0, 0.1) is 19.8 Å². The van der Waals surface area contributed by atoms with Gasteiger partial charge in [-0.3, -0.25) is 4.79 Å². The van der Waals surface area contributed by atoms with E-state index in [2.05, 4.69) is 19.2 Å². The maximum atomic E-state index is 11.8. The standard InChI is InChI=1S/C19H23NO2/c1-13(2)10-19(21)20-16-6-5-7-17(12-16)22-18-9-8-14(3)15(4)11-18/h5-9,11-13H,10H2,1-4H3,(H,20,21). The van der Waals surface area contributed by atoms with Gasteiger partial charge in [0.1, 0.15) is 11.5 Å². The molecule has 0 unspecified atom stereocenters. The molecule has 0 aliphatic rings. The van der Waals surface area contributed by atoms with Crippen LogP contribution in [0.1, 0.15) is 31.4 Å². The molecule has 3 heteroatoms. The summed E-state index contributed by atoms with van der Waals surface area (Å²) in [4.78, 5) is 11.8. The number of nitrogens with one attached hydrogen (secondary N) is 1. The Morgan fingerprint density at radius 1 is 1.05 bits per heavy atom. The first-order valence-corrected chi connectivity index (χ1v) is 7.59. The first-order chi connectivity index (χ1) is 10.4. The van der Waals surface area contributed by atoms with Crippen molar-refractivity contribution in [1.29, 1.82) is 0 Å². The van der Waals surface area contributed by atoms with Crippen LogP contribution in [0.25, 0.3) is 0 Å². The van der Waals surface area contributed by atoms with Crippen molar-refractivity contribution < 1.29 is 9.53 Å². The number of ether oxygens (including phenoxy) is 1. The summed E-state index contributed by atoms with van der Waals surface area (Å²) in [6.07, 6.45) is 0.516. The Labute approximate surface area is 132 Å². The van der Waals surface area contributed by atoms with E-state index in [4.69, 9.17) is 4.74 Å². The average molecular weight is 297 g/mol. The molecule has 0 atom stereocenters. The lowest BCUT2D eigenvalue weighted by atomic mass is 10.1. The lowest BCUT2D eigenvalue weighted by molar-refractivity contribution is -0.116. The molecule has 0 aliphatic heterocycles. The van der Waals surface area contributed by atoms with Crippen LogP contribution in [0.5, 0.6) is 11.5 Å². The highest BCUT2D eigenvalue weighted by molar-refractivity contribution is 5.91. The second kappa shape index (κ2) is 7.12. The number of rotatable bonds is 5. The smallest absolute Gasteiger partial charge is 0.224 e. The van der Waals surface area contributed by atoms with Crippen molar-refractivity contribution in [2.75, 3.05) is 5.32 Å². The zero-order chi connectivity index (χ0) is 16.1. The number of hydrogen-bond donors (Lipinski definition) is 1. The molecule has 0 radical (unpaired) electrons. The van der Waals surface area contributed by atoms with Crippen molar-refractivity contribution in [1.82, 2.24) is 0 Å². The Hall–Kier alpha value is -2.29. The molecule has 2 aromatic carbocycles. The SMILES string of the molecule is Cc1ccc(Oc2cccc(NC(=O)CC(C)C)c2)cc1C. The topological polar surface area (TPSA) is 38.3 Å². The lowest BCUT2D eigenvalue weighted by Gasteiger charge is -2.11. The van der Waals surface area contributed by atoms with E-state index in [0.717, 1.165) is 11.4 Å². The Bertz CT molecular complexity index is 662. The minimum Gasteiger partial charge on any atom is -0.457 e. The summed E-state index contributed by atoms with van der Waals surface area (Å²) in [5, 5.41) is 2.90. The summed E-state index contributed by atoms with van der Waals surface area (Å²) >= 11 is 0. The molecule has 0 saturated carbocycles. The Kier molecular flexibility index (Phi) is 5.21. The lowest BCUT2D eigenvalue weighted by Crippen LogP contribution is -2.13. The zero-order valence-electron chi connectivity index (χ0n) is 13.6. The van der Waals surface area contributed by atoms with Crippen LogP contribution in [0.15, 0.2) is 42.5 Å². The number of carbonyl (C=O) groups excluding carboxylic acids is 1. The molecule has 116 valence electrons. The Balaban J connectivity index is 2.07. The van der Waals surface area contributed by atoms with Gasteiger partial charge >= 0.3 is 0 Å². The monoisotopic (exact) mass is 297 g/mol. The third kappa shape index (κ3) is 4.62. The van der Waals surface area contributed by atoms with E-state index in [-0.39, 0.29) is 5.91 Å². The number of aryl methyl sites for hydroxylation is 2. The van der Waals surface area contributed by atoms with E-state index in [0.29, 0.717) is 18.1 Å². The van der Waals surface area contributed by atoms with Gasteiger partial charge in [0.05, 0.1) is 0 Å². The van der Waals surface area contributed by atoms with Gasteiger partial charge in [-0.2, -0.15) is 0 Å². The maximum absolute atomic E-state index is 11.8. The van der Waals surface area contributed by atoms with E-state index >= 15 is 0 Å². The Morgan fingerprint density at radius 3 is 2.45 bits per heavy atom. The quantitative estimate of drug-likeness (QED) is 0.835. The van der Waals surface area contributed by atoms with Gasteiger partial charge in [0, 0.05) is 18.2 Å². The van der Waals surface area contributed by atoms with Gasteiger partial charge in [-0.05, 0) is 55.2 Å². The van der Waals surface area contributed by atoms with Gasteiger partial charge < -0.3 is 10.1 Å². The van der Waals surface area contributed by atoms with Crippen LogP contribution in [-0.4, -0.2) is 5.91 Å². The molecule has 0 aromatic heterocycles. The number of amides is 1. The van der Waals surface area contributed by atoms with E-state index in [9.17, 15) is 4.79 Å². The first kappa shape index (κ1) is 16.1. The van der Waals surface area contributed by atoms with Crippen LogP contribution in [0.2, 0.25) is 0 Å². The van der Waals surface area contributed by atoms with Crippen molar-refractivity contribution in [2.24, 2.45) is 5.92 Å². The highest BCUT2D eigenvalue weighted by atomic mass is 16.5. The van der Waals surface area contributed by atoms with Crippen LogP contribution in [-0.2, 0) is 4.79 Å². The largest absolute Gasteiger partial charge is 0.457 e. The summed E-state index contributed by atoms with van der Waals surface area (Å²) in [6, 6.07) is 13.5. The molecule has 0 spiro atoms. The van der Waals surface area contributed by atoms with Crippen molar-refractivity contribution in [3.8, 4) is 11.5 Å². The van der Waals surface area contributed by atoms with E-state index in [1.807, 2.05) is 56.3 Å². The minimum atomic E-state index is 0.0262. The summed E-state index contributed by atoms with van der Waals surface area (Å²) in [5.74, 6) is 1.88. The number of hydrogen-bond acceptors (Lipinski definition) is 2. The number of anilines is 1. The molecule has 1 amide bonds. The molecule has 0 heterocycles. The molecule has 0 aliphatic carbocycles. The molecule has 0 saturated heterocycles. The van der Waals surface area contributed by atoms with Gasteiger partial charge in [-0.15, -0.1) is 0 Å². The summed E-state index contributed by atoms with van der Waals surface area (Å²) < 4.78 is 5.87. The van der Waals surface area contributed by atoms with Gasteiger partial charge in [0.15, 0.2) is 0 Å². The third-order valence-electron chi connectivity index (χ3n) is 3.43. The normalized spacial score (nSPS) is 10.6. The van der Waals surface area contributed by atoms with Gasteiger partial charge in [-0.25, -0.2) is 0 Å². The summed E-state index contributed by atoms with van der Waals surface area (Å²) in [7, 11) is 0. The van der Waals surface area contributed by atoms with Crippen LogP contribution < -0.4 is 10.1 Å². The first-order valence-electron chi connectivity index (χ1n) is 7.59. The second-order valence-corrected chi connectivity index (χ2v) is 6.02. The molecule has 0 bridgehead atoms.